The summed E-state index contributed by atoms with van der Waals surface area (Å²) in [5.74, 6) is -10.6. The lowest BCUT2D eigenvalue weighted by molar-refractivity contribution is -0.157. The molecule has 25 heteroatoms. The van der Waals surface area contributed by atoms with Gasteiger partial charge in [0.1, 0.15) is 48.3 Å². The second kappa shape index (κ2) is 33.4. The van der Waals surface area contributed by atoms with Gasteiger partial charge in [-0.2, -0.15) is 0 Å². The van der Waals surface area contributed by atoms with Gasteiger partial charge in [-0.25, -0.2) is 4.79 Å². The fourth-order valence-electron chi connectivity index (χ4n) is 8.68. The summed E-state index contributed by atoms with van der Waals surface area (Å²) in [6.07, 6.45) is -0.368. The number of aliphatic carboxylic acids is 2. The van der Waals surface area contributed by atoms with E-state index >= 15 is 0 Å². The quantitative estimate of drug-likeness (QED) is 0.0461. The zero-order chi connectivity index (χ0) is 61.6. The first-order valence-electron chi connectivity index (χ1n) is 27.0. The second-order valence-corrected chi connectivity index (χ2v) is 22.2. The summed E-state index contributed by atoms with van der Waals surface area (Å²) in [6, 6.07) is -1.70. The van der Waals surface area contributed by atoms with Gasteiger partial charge < -0.3 is 66.6 Å². The molecule has 0 aromatic heterocycles. The molecule has 0 heterocycles. The minimum absolute atomic E-state index is 0.00401. The molecule has 0 spiro atoms. The van der Waals surface area contributed by atoms with E-state index in [0.717, 1.165) is 26.6 Å². The average molecular weight is 1130 g/mol. The highest BCUT2D eigenvalue weighted by Gasteiger charge is 2.39. The highest BCUT2D eigenvalue weighted by Crippen LogP contribution is 2.18. The smallest absolute Gasteiger partial charge is 0.327 e. The SMILES string of the molecule is CN[C@@H](C)C(=O)N[C@@H](CC(C)C)C(=O)N(C)CC(=O)N[C@@H](C)C(=O)N(C)[C@@H](Cc1ccccc1)C(=O)N[C@@H](CC(C)C)C(=O)N(C)[C@@H](C)C(=O)N[C@@H](CC(C)C)C(=O)NCC(=O)N(C)[C@H](C(=O)N(C)[C@@H](CC(=O)O)C(=O)O)C(C)C. The highest BCUT2D eigenvalue weighted by molar-refractivity contribution is 5.98. The number of benzene rings is 1. The Morgan fingerprint density at radius 3 is 1.49 bits per heavy atom. The van der Waals surface area contributed by atoms with E-state index in [4.69, 9.17) is 0 Å². The van der Waals surface area contributed by atoms with Crippen LogP contribution in [-0.2, 0) is 64.0 Å². The van der Waals surface area contributed by atoms with Crippen LogP contribution in [0, 0.1) is 23.7 Å². The van der Waals surface area contributed by atoms with Crippen LogP contribution in [0.4, 0.5) is 0 Å². The fraction of sp³-hybridized carbons (Fsp3) is 0.673. The molecule has 9 atom stereocenters. The molecule has 1 aromatic rings. The first-order chi connectivity index (χ1) is 37.1. The zero-order valence-corrected chi connectivity index (χ0v) is 49.9. The predicted molar refractivity (Wildman–Crippen MR) is 298 cm³/mol. The van der Waals surface area contributed by atoms with Gasteiger partial charge in [-0.15, -0.1) is 0 Å². The summed E-state index contributed by atoms with van der Waals surface area (Å²) in [5.41, 5.74) is 0.671. The molecule has 0 unspecified atom stereocenters. The molecule has 10 amide bonds. The van der Waals surface area contributed by atoms with Gasteiger partial charge in [-0.1, -0.05) is 85.7 Å². The van der Waals surface area contributed by atoms with Crippen molar-refractivity contribution in [3.63, 3.8) is 0 Å². The fourth-order valence-corrected chi connectivity index (χ4v) is 8.68. The van der Waals surface area contributed by atoms with Crippen molar-refractivity contribution in [3.05, 3.63) is 35.9 Å². The number of hydrogen-bond donors (Lipinski definition) is 8. The van der Waals surface area contributed by atoms with Crippen LogP contribution in [-0.4, -0.2) is 215 Å². The molecule has 1 aromatic carbocycles. The number of carbonyl (C=O) groups excluding carboxylic acids is 10. The van der Waals surface area contributed by atoms with E-state index in [0.29, 0.717) is 12.0 Å². The Morgan fingerprint density at radius 2 is 1.00 bits per heavy atom. The molecular formula is C55H91N11O14. The summed E-state index contributed by atoms with van der Waals surface area (Å²) < 4.78 is 0. The van der Waals surface area contributed by atoms with Crippen LogP contribution in [0.1, 0.15) is 107 Å². The average Bonchev–Trinajstić information content (AvgIpc) is 3.37. The van der Waals surface area contributed by atoms with E-state index in [1.54, 1.807) is 72.0 Å². The van der Waals surface area contributed by atoms with Gasteiger partial charge in [0.25, 0.3) is 0 Å². The van der Waals surface area contributed by atoms with Crippen molar-refractivity contribution in [2.45, 2.75) is 163 Å². The molecule has 0 radical (unpaired) electrons. The molecule has 0 aliphatic heterocycles. The molecule has 0 saturated carbocycles. The molecule has 80 heavy (non-hydrogen) atoms. The third-order valence-electron chi connectivity index (χ3n) is 13.6. The Kier molecular flexibility index (Phi) is 29.6. The van der Waals surface area contributed by atoms with Crippen molar-refractivity contribution in [2.75, 3.05) is 55.4 Å². The lowest BCUT2D eigenvalue weighted by atomic mass is 9.99. The molecule has 0 fully saturated rings. The van der Waals surface area contributed by atoms with Crippen LogP contribution < -0.4 is 31.9 Å². The van der Waals surface area contributed by atoms with E-state index in [1.165, 1.54) is 46.9 Å². The molecule has 0 bridgehead atoms. The number of amides is 10. The number of carboxylic acids is 2. The summed E-state index contributed by atoms with van der Waals surface area (Å²) in [6.45, 7) is 17.7. The van der Waals surface area contributed by atoms with E-state index in [1.807, 2.05) is 27.7 Å². The largest absolute Gasteiger partial charge is 0.481 e. The van der Waals surface area contributed by atoms with Gasteiger partial charge in [-0.05, 0) is 76.3 Å². The first-order valence-corrected chi connectivity index (χ1v) is 27.0. The summed E-state index contributed by atoms with van der Waals surface area (Å²) in [4.78, 5) is 166. The van der Waals surface area contributed by atoms with Gasteiger partial charge in [0, 0.05) is 41.7 Å². The molecule has 1 rings (SSSR count). The Hall–Kier alpha value is -7.18. The Bertz CT molecular complexity index is 2320. The lowest BCUT2D eigenvalue weighted by Crippen LogP contribution is -2.60. The van der Waals surface area contributed by atoms with Crippen LogP contribution >= 0.6 is 0 Å². The monoisotopic (exact) mass is 1130 g/mol. The number of nitrogens with zero attached hydrogens (tertiary/aromatic N) is 5. The van der Waals surface area contributed by atoms with Crippen LogP contribution in [0.15, 0.2) is 30.3 Å². The molecular weight excluding hydrogens is 1040 g/mol. The number of nitrogens with one attached hydrogen (secondary N) is 6. The van der Waals surface area contributed by atoms with Gasteiger partial charge >= 0.3 is 11.9 Å². The number of carbonyl (C=O) groups is 12. The van der Waals surface area contributed by atoms with Crippen LogP contribution in [0.25, 0.3) is 0 Å². The van der Waals surface area contributed by atoms with E-state index < -0.39 is 145 Å². The summed E-state index contributed by atoms with van der Waals surface area (Å²) in [5, 5.41) is 35.0. The van der Waals surface area contributed by atoms with Crippen LogP contribution in [0.2, 0.25) is 0 Å². The molecule has 0 saturated heterocycles. The Labute approximate surface area is 471 Å². The van der Waals surface area contributed by atoms with Gasteiger partial charge in [0.05, 0.1) is 25.6 Å². The first kappa shape index (κ1) is 70.8. The van der Waals surface area contributed by atoms with Crippen LogP contribution in [0.5, 0.6) is 0 Å². The van der Waals surface area contributed by atoms with Gasteiger partial charge in [0.15, 0.2) is 0 Å². The van der Waals surface area contributed by atoms with E-state index in [-0.39, 0.29) is 42.9 Å². The molecule has 0 aliphatic rings. The van der Waals surface area contributed by atoms with Gasteiger partial charge in [-0.3, -0.25) is 52.7 Å². The topological polar surface area (TPSA) is 334 Å². The van der Waals surface area contributed by atoms with Crippen molar-refractivity contribution in [2.24, 2.45) is 23.7 Å². The minimum Gasteiger partial charge on any atom is -0.481 e. The Morgan fingerprint density at radius 1 is 0.512 bits per heavy atom. The maximum Gasteiger partial charge on any atom is 0.327 e. The molecule has 450 valence electrons. The maximum absolute atomic E-state index is 14.5. The maximum atomic E-state index is 14.5. The summed E-state index contributed by atoms with van der Waals surface area (Å²) in [7, 11) is 8.19. The van der Waals surface area contributed by atoms with E-state index in [2.05, 4.69) is 31.9 Å². The van der Waals surface area contributed by atoms with Crippen molar-refractivity contribution >= 4 is 71.0 Å². The zero-order valence-electron chi connectivity index (χ0n) is 49.9. The van der Waals surface area contributed by atoms with Crippen molar-refractivity contribution < 1.29 is 67.7 Å². The highest BCUT2D eigenvalue weighted by atomic mass is 16.4. The number of likely N-dealkylation sites (N-methyl/N-ethyl adjacent to an activating group) is 6. The predicted octanol–water partition coefficient (Wildman–Crippen LogP) is 0.0522. The number of rotatable bonds is 33. The Balaban J connectivity index is 3.33. The normalized spacial score (nSPS) is 14.7. The van der Waals surface area contributed by atoms with E-state index in [9.17, 15) is 67.7 Å². The third-order valence-corrected chi connectivity index (χ3v) is 13.6. The van der Waals surface area contributed by atoms with Crippen molar-refractivity contribution in [1.29, 1.82) is 0 Å². The minimum atomic E-state index is -1.72. The standard InChI is InChI=1S/C55H91N11O14/c1-30(2)23-38(49(73)57-28-44(68)66(17)46(33(7)8)54(78)65(16)42(55(79)80)27-45(69)70)59-48(72)36(11)63(14)53(77)40(25-32(5)6)61-50(74)41(26-37-21-19-18-20-22-37)64(15)51(75)35(10)58-43(67)29-62(13)52(76)39(24-31(3)4)60-47(71)34(9)56-12/h18-22,30-36,38-42,46,56H,23-29H2,1-17H3,(H,57,73)(H,58,67)(H,59,72)(H,60,71)(H,61,74)(H,69,70)(H,79,80)/t34-,35-,36-,38-,39-,40-,41-,42-,46-/m0/s1. The lowest BCUT2D eigenvalue weighted by Gasteiger charge is -2.35. The van der Waals surface area contributed by atoms with Crippen molar-refractivity contribution in [1.82, 2.24) is 56.4 Å². The van der Waals surface area contributed by atoms with Crippen LogP contribution in [0.3, 0.4) is 0 Å². The second-order valence-electron chi connectivity index (χ2n) is 22.2. The third kappa shape index (κ3) is 22.5. The summed E-state index contributed by atoms with van der Waals surface area (Å²) >= 11 is 0. The number of hydrogen-bond acceptors (Lipinski definition) is 13. The van der Waals surface area contributed by atoms with Gasteiger partial charge in [0.2, 0.25) is 59.1 Å². The number of carboxylic acid groups (broad SMARTS) is 2. The molecule has 0 aliphatic carbocycles. The molecule has 8 N–H and O–H groups in total. The molecule has 25 nitrogen and oxygen atoms in total. The van der Waals surface area contributed by atoms with Crippen molar-refractivity contribution in [3.8, 4) is 0 Å².